The third-order valence-electron chi connectivity index (χ3n) is 1.84. The molecule has 72 valence electrons. The van der Waals surface area contributed by atoms with Crippen molar-refractivity contribution in [3.63, 3.8) is 0 Å². The summed E-state index contributed by atoms with van der Waals surface area (Å²) in [7, 11) is 0. The Bertz CT molecular complexity index is 395. The van der Waals surface area contributed by atoms with E-state index in [0.29, 0.717) is 5.69 Å². The van der Waals surface area contributed by atoms with Gasteiger partial charge in [-0.2, -0.15) is 10.3 Å². The number of carbonyl (C=O) groups excluding carboxylic acids is 1. The van der Waals surface area contributed by atoms with Gasteiger partial charge in [0.2, 0.25) is 6.08 Å². The van der Waals surface area contributed by atoms with Crippen molar-refractivity contribution in [2.24, 2.45) is 4.99 Å². The Kier molecular flexibility index (Phi) is 3.16. The SMILES string of the molecule is CC(C)n1cncc1C(C#N)N=C=O. The van der Waals surface area contributed by atoms with Crippen molar-refractivity contribution in [1.29, 1.82) is 5.26 Å². The molecule has 14 heavy (non-hydrogen) atoms. The van der Waals surface area contributed by atoms with Gasteiger partial charge in [0.05, 0.1) is 24.3 Å². The lowest BCUT2D eigenvalue weighted by Crippen LogP contribution is -2.06. The molecule has 0 aliphatic rings. The first-order valence-electron chi connectivity index (χ1n) is 4.19. The van der Waals surface area contributed by atoms with Gasteiger partial charge in [0.25, 0.3) is 0 Å². The third kappa shape index (κ3) is 1.87. The van der Waals surface area contributed by atoms with Gasteiger partial charge < -0.3 is 4.57 Å². The van der Waals surface area contributed by atoms with Crippen LogP contribution in [0, 0.1) is 11.3 Å². The standard InChI is InChI=1S/C9H10N4O/c1-7(2)13-5-11-4-9(13)8(3-10)12-6-14/h4-5,7-8H,1-2H3. The van der Waals surface area contributed by atoms with Gasteiger partial charge in [0.15, 0.2) is 6.04 Å². The van der Waals surface area contributed by atoms with Gasteiger partial charge in [-0.1, -0.05) is 0 Å². The number of nitrogens with zero attached hydrogens (tertiary/aromatic N) is 4. The van der Waals surface area contributed by atoms with Crippen LogP contribution in [0.5, 0.6) is 0 Å². The molecule has 1 heterocycles. The quantitative estimate of drug-likeness (QED) is 0.533. The first kappa shape index (κ1) is 10.2. The Balaban J connectivity index is 3.11. The van der Waals surface area contributed by atoms with Gasteiger partial charge in [-0.25, -0.2) is 9.78 Å². The number of hydrogen-bond donors (Lipinski definition) is 0. The highest BCUT2D eigenvalue weighted by Gasteiger charge is 2.15. The summed E-state index contributed by atoms with van der Waals surface area (Å²) in [6.07, 6.45) is 4.54. The maximum absolute atomic E-state index is 10.1. The summed E-state index contributed by atoms with van der Waals surface area (Å²) in [5.41, 5.74) is 0.617. The van der Waals surface area contributed by atoms with Crippen molar-refractivity contribution in [1.82, 2.24) is 9.55 Å². The van der Waals surface area contributed by atoms with E-state index in [4.69, 9.17) is 5.26 Å². The molecule has 1 unspecified atom stereocenters. The normalized spacial score (nSPS) is 11.9. The van der Waals surface area contributed by atoms with Gasteiger partial charge in [0.1, 0.15) is 0 Å². The van der Waals surface area contributed by atoms with Crippen molar-refractivity contribution in [3.8, 4) is 6.07 Å². The largest absolute Gasteiger partial charge is 0.329 e. The summed E-state index contributed by atoms with van der Waals surface area (Å²) in [5.74, 6) is 0. The molecule has 1 aromatic rings. The zero-order valence-corrected chi connectivity index (χ0v) is 8.01. The molecule has 1 aromatic heterocycles. The Morgan fingerprint density at radius 2 is 2.36 bits per heavy atom. The van der Waals surface area contributed by atoms with Gasteiger partial charge >= 0.3 is 0 Å². The number of rotatable bonds is 3. The molecule has 5 nitrogen and oxygen atoms in total. The minimum absolute atomic E-state index is 0.185. The molecule has 0 aliphatic carbocycles. The highest BCUT2D eigenvalue weighted by atomic mass is 16.1. The molecule has 0 saturated heterocycles. The molecule has 1 rings (SSSR count). The molecule has 0 bridgehead atoms. The lowest BCUT2D eigenvalue weighted by Gasteiger charge is -2.11. The summed E-state index contributed by atoms with van der Waals surface area (Å²) in [6, 6.07) is 1.29. The third-order valence-corrected chi connectivity index (χ3v) is 1.84. The van der Waals surface area contributed by atoms with E-state index >= 15 is 0 Å². The number of aromatic nitrogens is 2. The minimum atomic E-state index is -0.808. The molecule has 0 fully saturated rings. The summed E-state index contributed by atoms with van der Waals surface area (Å²) in [5, 5.41) is 8.77. The van der Waals surface area contributed by atoms with Crippen molar-refractivity contribution < 1.29 is 4.79 Å². The Labute approximate surface area is 81.7 Å². The van der Waals surface area contributed by atoms with Crippen molar-refractivity contribution in [3.05, 3.63) is 18.2 Å². The van der Waals surface area contributed by atoms with E-state index in [1.54, 1.807) is 10.9 Å². The second-order valence-corrected chi connectivity index (χ2v) is 3.07. The van der Waals surface area contributed by atoms with E-state index in [-0.39, 0.29) is 6.04 Å². The van der Waals surface area contributed by atoms with Gasteiger partial charge in [0, 0.05) is 6.04 Å². The highest BCUT2D eigenvalue weighted by molar-refractivity contribution is 5.36. The molecule has 0 N–H and O–H groups in total. The number of aliphatic imine (C=N–C) groups is 1. The zero-order valence-electron chi connectivity index (χ0n) is 8.01. The Morgan fingerprint density at radius 1 is 1.64 bits per heavy atom. The van der Waals surface area contributed by atoms with E-state index in [0.717, 1.165) is 0 Å². The zero-order chi connectivity index (χ0) is 10.6. The molecule has 0 aromatic carbocycles. The second-order valence-electron chi connectivity index (χ2n) is 3.07. The van der Waals surface area contributed by atoms with Gasteiger partial charge in [-0.3, -0.25) is 0 Å². The number of hydrogen-bond acceptors (Lipinski definition) is 4. The van der Waals surface area contributed by atoms with Crippen LogP contribution >= 0.6 is 0 Å². The lowest BCUT2D eigenvalue weighted by molar-refractivity contribution is 0.550. The molecule has 0 radical (unpaired) electrons. The molecule has 0 aliphatic heterocycles. The van der Waals surface area contributed by atoms with E-state index in [9.17, 15) is 4.79 Å². The summed E-state index contributed by atoms with van der Waals surface area (Å²) >= 11 is 0. The maximum atomic E-state index is 10.1. The molecular weight excluding hydrogens is 180 g/mol. The Morgan fingerprint density at radius 3 is 2.86 bits per heavy atom. The Hall–Kier alpha value is -1.92. The van der Waals surface area contributed by atoms with Crippen LogP contribution in [0.15, 0.2) is 17.5 Å². The molecule has 5 heteroatoms. The number of isocyanates is 1. The average Bonchev–Trinajstić information content (AvgIpc) is 2.62. The molecule has 1 atom stereocenters. The predicted octanol–water partition coefficient (Wildman–Crippen LogP) is 1.36. The van der Waals surface area contributed by atoms with Crippen LogP contribution in [0.4, 0.5) is 0 Å². The molecule has 0 saturated carbocycles. The van der Waals surface area contributed by atoms with Crippen LogP contribution in [0.1, 0.15) is 31.6 Å². The first-order chi connectivity index (χ1) is 6.70. The van der Waals surface area contributed by atoms with Crippen molar-refractivity contribution >= 4 is 6.08 Å². The van der Waals surface area contributed by atoms with Crippen LogP contribution in [0.25, 0.3) is 0 Å². The smallest absolute Gasteiger partial charge is 0.236 e. The lowest BCUT2D eigenvalue weighted by atomic mass is 10.2. The maximum Gasteiger partial charge on any atom is 0.236 e. The van der Waals surface area contributed by atoms with Crippen molar-refractivity contribution in [2.45, 2.75) is 25.9 Å². The van der Waals surface area contributed by atoms with Crippen molar-refractivity contribution in [2.75, 3.05) is 0 Å². The van der Waals surface area contributed by atoms with E-state index in [2.05, 4.69) is 9.98 Å². The van der Waals surface area contributed by atoms with Gasteiger partial charge in [-0.05, 0) is 13.8 Å². The average molecular weight is 190 g/mol. The molecule has 0 spiro atoms. The minimum Gasteiger partial charge on any atom is -0.329 e. The summed E-state index contributed by atoms with van der Waals surface area (Å²) in [4.78, 5) is 17.4. The molecular formula is C9H10N4O. The van der Waals surface area contributed by atoms with Gasteiger partial charge in [-0.15, -0.1) is 0 Å². The number of imidazole rings is 1. The molecule has 0 amide bonds. The fourth-order valence-electron chi connectivity index (χ4n) is 1.17. The predicted molar refractivity (Wildman–Crippen MR) is 49.1 cm³/mol. The van der Waals surface area contributed by atoms with Crippen LogP contribution in [-0.2, 0) is 4.79 Å². The first-order valence-corrected chi connectivity index (χ1v) is 4.19. The fourth-order valence-corrected chi connectivity index (χ4v) is 1.17. The van der Waals surface area contributed by atoms with E-state index in [1.165, 1.54) is 12.3 Å². The van der Waals surface area contributed by atoms with Crippen LogP contribution in [-0.4, -0.2) is 15.6 Å². The summed E-state index contributed by atoms with van der Waals surface area (Å²) in [6.45, 7) is 3.93. The van der Waals surface area contributed by atoms with Crippen LogP contribution < -0.4 is 0 Å². The van der Waals surface area contributed by atoms with E-state index < -0.39 is 6.04 Å². The van der Waals surface area contributed by atoms with E-state index in [1.807, 2.05) is 19.9 Å². The highest BCUT2D eigenvalue weighted by Crippen LogP contribution is 2.18. The van der Waals surface area contributed by atoms with Crippen LogP contribution in [0.2, 0.25) is 0 Å². The van der Waals surface area contributed by atoms with Crippen LogP contribution in [0.3, 0.4) is 0 Å². The second kappa shape index (κ2) is 4.35. The topological polar surface area (TPSA) is 71.0 Å². The summed E-state index contributed by atoms with van der Waals surface area (Å²) < 4.78 is 1.80. The monoisotopic (exact) mass is 190 g/mol. The fraction of sp³-hybridized carbons (Fsp3) is 0.444. The number of nitriles is 1.